The smallest absolute Gasteiger partial charge is 0.347 e. The van der Waals surface area contributed by atoms with Gasteiger partial charge in [-0.15, -0.1) is 0 Å². The van der Waals surface area contributed by atoms with E-state index in [0.717, 1.165) is 19.3 Å². The minimum Gasteiger partial charge on any atom is -0.478 e. The van der Waals surface area contributed by atoms with E-state index in [2.05, 4.69) is 4.72 Å². The van der Waals surface area contributed by atoms with E-state index in [-0.39, 0.29) is 23.5 Å². The van der Waals surface area contributed by atoms with Crippen molar-refractivity contribution in [2.75, 3.05) is 13.2 Å². The van der Waals surface area contributed by atoms with Crippen LogP contribution in [0.5, 0.6) is 5.75 Å². The summed E-state index contributed by atoms with van der Waals surface area (Å²) in [6.45, 7) is 2.49. The van der Waals surface area contributed by atoms with Crippen LogP contribution in [-0.2, 0) is 26.0 Å². The number of fused-ring (bicyclic) bond motifs is 1. The Kier molecular flexibility index (Phi) is 5.31. The average Bonchev–Trinajstić information content (AvgIpc) is 3.20. The summed E-state index contributed by atoms with van der Waals surface area (Å²) >= 11 is 0. The molecule has 1 heterocycles. The fourth-order valence-electron chi connectivity index (χ4n) is 3.50. The van der Waals surface area contributed by atoms with Gasteiger partial charge in [0.05, 0.1) is 11.5 Å². The molecule has 3 N–H and O–H groups in total. The minimum atomic E-state index is -3.63. The average molecular weight is 368 g/mol. The van der Waals surface area contributed by atoms with Crippen LogP contribution in [0.4, 0.5) is 0 Å². The zero-order chi connectivity index (χ0) is 18.0. The molecule has 0 saturated heterocycles. The Hall–Kier alpha value is -1.64. The van der Waals surface area contributed by atoms with Gasteiger partial charge in [-0.25, -0.2) is 17.9 Å². The van der Waals surface area contributed by atoms with E-state index in [0.29, 0.717) is 24.3 Å². The first-order chi connectivity index (χ1) is 11.9. The number of benzene rings is 1. The number of nitrogens with one attached hydrogen (secondary N) is 1. The fourth-order valence-corrected chi connectivity index (χ4v) is 4.89. The van der Waals surface area contributed by atoms with Crippen LogP contribution in [0.15, 0.2) is 23.1 Å². The molecule has 1 saturated carbocycles. The molecule has 138 valence electrons. The van der Waals surface area contributed by atoms with Gasteiger partial charge in [-0.2, -0.15) is 0 Å². The van der Waals surface area contributed by atoms with E-state index < -0.39 is 22.1 Å². The molecular weight excluding hydrogens is 344 g/mol. The van der Waals surface area contributed by atoms with Gasteiger partial charge in [0, 0.05) is 12.5 Å². The Balaban J connectivity index is 1.74. The molecule has 25 heavy (non-hydrogen) atoms. The van der Waals surface area contributed by atoms with Crippen molar-refractivity contribution in [2.24, 2.45) is 11.7 Å². The summed E-state index contributed by atoms with van der Waals surface area (Å²) in [5.74, 6) is 0.274. The van der Waals surface area contributed by atoms with Gasteiger partial charge in [-0.3, -0.25) is 0 Å². The van der Waals surface area contributed by atoms with Crippen molar-refractivity contribution in [3.8, 4) is 5.75 Å². The Bertz CT molecular complexity index is 749. The van der Waals surface area contributed by atoms with Crippen molar-refractivity contribution in [2.45, 2.75) is 49.6 Å². The molecule has 1 aliphatic carbocycles. The third-order valence-corrected chi connectivity index (χ3v) is 6.32. The number of carbonyl (C=O) groups excluding carboxylic acids is 1. The lowest BCUT2D eigenvalue weighted by Gasteiger charge is -2.19. The summed E-state index contributed by atoms with van der Waals surface area (Å²) in [7, 11) is -3.63. The lowest BCUT2D eigenvalue weighted by atomic mass is 10.1. The lowest BCUT2D eigenvalue weighted by molar-refractivity contribution is -0.150. The highest BCUT2D eigenvalue weighted by atomic mass is 32.2. The first-order valence-electron chi connectivity index (χ1n) is 8.63. The van der Waals surface area contributed by atoms with Crippen LogP contribution < -0.4 is 15.2 Å². The summed E-state index contributed by atoms with van der Waals surface area (Å²) in [6.07, 6.45) is 2.33. The second kappa shape index (κ2) is 7.31. The number of hydrogen-bond acceptors (Lipinski definition) is 6. The lowest BCUT2D eigenvalue weighted by Crippen LogP contribution is -2.39. The van der Waals surface area contributed by atoms with Crippen molar-refractivity contribution in [3.05, 3.63) is 23.8 Å². The Labute approximate surface area is 147 Å². The van der Waals surface area contributed by atoms with Gasteiger partial charge < -0.3 is 15.2 Å². The Morgan fingerprint density at radius 1 is 1.40 bits per heavy atom. The highest BCUT2D eigenvalue weighted by Gasteiger charge is 2.33. The maximum absolute atomic E-state index is 12.7. The van der Waals surface area contributed by atoms with Crippen molar-refractivity contribution in [1.29, 1.82) is 0 Å². The van der Waals surface area contributed by atoms with Crippen LogP contribution >= 0.6 is 0 Å². The van der Waals surface area contributed by atoms with Crippen molar-refractivity contribution >= 4 is 16.0 Å². The summed E-state index contributed by atoms with van der Waals surface area (Å²) in [5, 5.41) is 0. The molecule has 7 nitrogen and oxygen atoms in total. The summed E-state index contributed by atoms with van der Waals surface area (Å²) in [6, 6.07) is 4.55. The van der Waals surface area contributed by atoms with Crippen LogP contribution in [0.25, 0.3) is 0 Å². The third kappa shape index (κ3) is 3.80. The maximum atomic E-state index is 12.7. The normalized spacial score (nSPS) is 25.4. The molecule has 3 unspecified atom stereocenters. The van der Waals surface area contributed by atoms with Gasteiger partial charge in [0.1, 0.15) is 5.75 Å². The molecule has 3 rings (SSSR count). The number of hydrogen-bond donors (Lipinski definition) is 2. The minimum absolute atomic E-state index is 0.119. The third-order valence-electron chi connectivity index (χ3n) is 4.83. The summed E-state index contributed by atoms with van der Waals surface area (Å²) in [5.41, 5.74) is 6.43. The van der Waals surface area contributed by atoms with Crippen LogP contribution in [0.3, 0.4) is 0 Å². The number of sulfonamides is 1. The van der Waals surface area contributed by atoms with Gasteiger partial charge >= 0.3 is 5.97 Å². The van der Waals surface area contributed by atoms with E-state index in [4.69, 9.17) is 15.2 Å². The van der Waals surface area contributed by atoms with E-state index in [1.54, 1.807) is 19.1 Å². The number of carbonyl (C=O) groups is 1. The monoisotopic (exact) mass is 368 g/mol. The van der Waals surface area contributed by atoms with Crippen LogP contribution in [0.1, 0.15) is 31.7 Å². The SMILES string of the molecule is CCOC(=O)C1Cc2cc(S(=O)(=O)NC3CCCC3CN)ccc2O1. The van der Waals surface area contributed by atoms with E-state index in [9.17, 15) is 13.2 Å². The second-order valence-electron chi connectivity index (χ2n) is 6.49. The van der Waals surface area contributed by atoms with E-state index in [1.165, 1.54) is 6.07 Å². The molecule has 1 fully saturated rings. The zero-order valence-electron chi connectivity index (χ0n) is 14.2. The van der Waals surface area contributed by atoms with Gasteiger partial charge in [-0.05, 0) is 56.0 Å². The number of nitrogens with two attached hydrogens (primary N) is 1. The Morgan fingerprint density at radius 2 is 2.20 bits per heavy atom. The number of rotatable bonds is 6. The van der Waals surface area contributed by atoms with Gasteiger partial charge in [0.15, 0.2) is 6.10 Å². The molecule has 1 aromatic rings. The molecule has 0 aromatic heterocycles. The fraction of sp³-hybridized carbons (Fsp3) is 0.588. The van der Waals surface area contributed by atoms with Crippen LogP contribution in [0, 0.1) is 5.92 Å². The number of esters is 1. The maximum Gasteiger partial charge on any atom is 0.347 e. The predicted molar refractivity (Wildman–Crippen MR) is 91.7 cm³/mol. The molecular formula is C17H24N2O5S. The highest BCUT2D eigenvalue weighted by Crippen LogP contribution is 2.32. The van der Waals surface area contributed by atoms with Crippen LogP contribution in [-0.4, -0.2) is 39.7 Å². The van der Waals surface area contributed by atoms with Crippen LogP contribution in [0.2, 0.25) is 0 Å². The molecule has 1 aliphatic heterocycles. The molecule has 2 aliphatic rings. The van der Waals surface area contributed by atoms with Crippen molar-refractivity contribution in [1.82, 2.24) is 4.72 Å². The topological polar surface area (TPSA) is 108 Å². The largest absolute Gasteiger partial charge is 0.478 e. The summed E-state index contributed by atoms with van der Waals surface area (Å²) < 4.78 is 38.7. The quantitative estimate of drug-likeness (QED) is 0.724. The molecule has 1 aromatic carbocycles. The molecule has 0 spiro atoms. The first kappa shape index (κ1) is 18.2. The van der Waals surface area contributed by atoms with Crippen molar-refractivity contribution in [3.63, 3.8) is 0 Å². The zero-order valence-corrected chi connectivity index (χ0v) is 15.1. The number of ether oxygens (including phenoxy) is 2. The molecule has 0 bridgehead atoms. The van der Waals surface area contributed by atoms with Gasteiger partial charge in [-0.1, -0.05) is 6.42 Å². The molecule has 0 radical (unpaired) electrons. The predicted octanol–water partition coefficient (Wildman–Crippen LogP) is 0.959. The Morgan fingerprint density at radius 3 is 2.92 bits per heavy atom. The van der Waals surface area contributed by atoms with E-state index >= 15 is 0 Å². The molecule has 3 atom stereocenters. The molecule has 0 amide bonds. The highest BCUT2D eigenvalue weighted by molar-refractivity contribution is 7.89. The first-order valence-corrected chi connectivity index (χ1v) is 10.1. The molecule has 8 heteroatoms. The van der Waals surface area contributed by atoms with Gasteiger partial charge in [0.25, 0.3) is 0 Å². The van der Waals surface area contributed by atoms with E-state index in [1.807, 2.05) is 0 Å². The summed E-state index contributed by atoms with van der Waals surface area (Å²) in [4.78, 5) is 12.0. The standard InChI is InChI=1S/C17H24N2O5S/c1-2-23-17(20)16-9-12-8-13(6-7-15(12)24-16)25(21,22)19-14-5-3-4-11(14)10-18/h6-8,11,14,16,19H,2-5,9-10,18H2,1H3. The second-order valence-corrected chi connectivity index (χ2v) is 8.20. The van der Waals surface area contributed by atoms with Crippen molar-refractivity contribution < 1.29 is 22.7 Å². The van der Waals surface area contributed by atoms with Gasteiger partial charge in [0.2, 0.25) is 10.0 Å².